The molecule has 35 heavy (non-hydrogen) atoms. The summed E-state index contributed by atoms with van der Waals surface area (Å²) in [7, 11) is 2.00. The van der Waals surface area contributed by atoms with Crippen molar-refractivity contribution in [2.75, 3.05) is 20.3 Å². The number of hydrogen-bond donors (Lipinski definition) is 1. The first-order chi connectivity index (χ1) is 16.7. The number of nitrogens with zero attached hydrogens (tertiary/aromatic N) is 1. The van der Waals surface area contributed by atoms with Crippen LogP contribution in [0, 0.1) is 40.4 Å². The highest BCUT2D eigenvalue weighted by molar-refractivity contribution is 5.80. The van der Waals surface area contributed by atoms with Crippen molar-refractivity contribution in [2.45, 2.75) is 90.7 Å². The summed E-state index contributed by atoms with van der Waals surface area (Å²) < 4.78 is 5.67. The highest BCUT2D eigenvalue weighted by Gasteiger charge is 2.62. The van der Waals surface area contributed by atoms with Crippen molar-refractivity contribution in [2.24, 2.45) is 40.4 Å². The second-order valence-corrected chi connectivity index (χ2v) is 13.1. The molecule has 0 unspecified atom stereocenters. The van der Waals surface area contributed by atoms with E-state index in [4.69, 9.17) is 4.74 Å². The van der Waals surface area contributed by atoms with Gasteiger partial charge in [-0.25, -0.2) is 0 Å². The molecule has 5 rings (SSSR count). The first-order valence-corrected chi connectivity index (χ1v) is 14.3. The Morgan fingerprint density at radius 3 is 2.49 bits per heavy atom. The minimum atomic E-state index is -0.635. The van der Waals surface area contributed by atoms with Crippen molar-refractivity contribution in [3.8, 4) is 0 Å². The van der Waals surface area contributed by atoms with Gasteiger partial charge in [0, 0.05) is 26.1 Å². The quantitative estimate of drug-likeness (QED) is 0.536. The number of carbonyl (C=O) groups is 1. The normalized spacial score (nSPS) is 42.6. The molecule has 1 N–H and O–H groups in total. The van der Waals surface area contributed by atoms with Gasteiger partial charge in [0.15, 0.2) is 0 Å². The van der Waals surface area contributed by atoms with E-state index in [1.807, 2.05) is 24.9 Å². The molecule has 4 nitrogen and oxygen atoms in total. The fourth-order valence-electron chi connectivity index (χ4n) is 9.35. The zero-order chi connectivity index (χ0) is 24.8. The summed E-state index contributed by atoms with van der Waals surface area (Å²) in [4.78, 5) is 15.7. The molecule has 4 aliphatic rings. The number of hydrogen-bond acceptors (Lipinski definition) is 3. The molecule has 1 aromatic carbocycles. The lowest BCUT2D eigenvalue weighted by atomic mass is 9.44. The van der Waals surface area contributed by atoms with Crippen LogP contribution in [0.25, 0.3) is 0 Å². The molecular formula is C31H47NO3. The van der Waals surface area contributed by atoms with Crippen LogP contribution < -0.4 is 0 Å². The molecule has 194 valence electrons. The fraction of sp³-hybridized carbons (Fsp3) is 0.774. The monoisotopic (exact) mass is 481 g/mol. The third-order valence-corrected chi connectivity index (χ3v) is 11.3. The van der Waals surface area contributed by atoms with Crippen LogP contribution in [0.3, 0.4) is 0 Å². The summed E-state index contributed by atoms with van der Waals surface area (Å²) in [5, 5.41) is 11.2. The topological polar surface area (TPSA) is 49.8 Å². The van der Waals surface area contributed by atoms with Crippen LogP contribution in [-0.4, -0.2) is 41.8 Å². The van der Waals surface area contributed by atoms with E-state index in [9.17, 15) is 9.90 Å². The summed E-state index contributed by atoms with van der Waals surface area (Å²) in [5.74, 6) is 3.27. The highest BCUT2D eigenvalue weighted by Crippen LogP contribution is 2.68. The van der Waals surface area contributed by atoms with Crippen LogP contribution in [0.15, 0.2) is 30.3 Å². The number of amides is 1. The fourth-order valence-corrected chi connectivity index (χ4v) is 9.35. The maximum absolute atomic E-state index is 13.7. The van der Waals surface area contributed by atoms with Crippen molar-refractivity contribution in [3.63, 3.8) is 0 Å². The molecule has 4 fully saturated rings. The maximum Gasteiger partial charge on any atom is 0.226 e. The molecule has 0 heterocycles. The van der Waals surface area contributed by atoms with Crippen LogP contribution in [0.5, 0.6) is 0 Å². The molecule has 0 aromatic heterocycles. The molecule has 1 amide bonds. The Morgan fingerprint density at radius 1 is 1.00 bits per heavy atom. The number of aliphatic hydroxyl groups is 1. The summed E-state index contributed by atoms with van der Waals surface area (Å²) in [5.41, 5.74) is 1.04. The number of carbonyl (C=O) groups excluding carboxylic acids is 1. The van der Waals surface area contributed by atoms with Gasteiger partial charge in [-0.3, -0.25) is 4.79 Å². The minimum absolute atomic E-state index is 0.136. The standard InChI is InChI=1S/C31H47NO3/c1-5-35-21-31(34)18-17-29(2)23(19-31)11-12-24-25-13-14-27(30(25,3)16-15-26(24)29)28(33)32(4)20-22-9-7-6-8-10-22/h6-10,23-27,34H,5,11-21H2,1-4H3/t23-,24+,25+,26+,27-,29+,30+,31-/m1/s1. The molecule has 0 radical (unpaired) electrons. The third kappa shape index (κ3) is 4.37. The lowest BCUT2D eigenvalue weighted by molar-refractivity contribution is -0.167. The predicted molar refractivity (Wildman–Crippen MR) is 140 cm³/mol. The molecule has 4 saturated carbocycles. The van der Waals surface area contributed by atoms with Gasteiger partial charge < -0.3 is 14.7 Å². The van der Waals surface area contributed by atoms with Crippen molar-refractivity contribution >= 4 is 5.91 Å². The molecule has 1 aromatic rings. The van der Waals surface area contributed by atoms with E-state index in [1.165, 1.54) is 37.7 Å². The predicted octanol–water partition coefficient (Wildman–Crippen LogP) is 6.07. The Balaban J connectivity index is 1.29. The third-order valence-electron chi connectivity index (χ3n) is 11.3. The molecule has 4 aliphatic carbocycles. The van der Waals surface area contributed by atoms with E-state index >= 15 is 0 Å². The summed E-state index contributed by atoms with van der Waals surface area (Å²) >= 11 is 0. The molecule has 0 saturated heterocycles. The van der Waals surface area contributed by atoms with E-state index in [1.54, 1.807) is 0 Å². The molecule has 8 atom stereocenters. The Morgan fingerprint density at radius 2 is 1.74 bits per heavy atom. The van der Waals surface area contributed by atoms with E-state index in [0.717, 1.165) is 37.5 Å². The lowest BCUT2D eigenvalue weighted by Gasteiger charge is -2.62. The summed E-state index contributed by atoms with van der Waals surface area (Å²) in [6, 6.07) is 10.4. The average molecular weight is 482 g/mol. The van der Waals surface area contributed by atoms with Gasteiger partial charge in [-0.2, -0.15) is 0 Å². The van der Waals surface area contributed by atoms with Crippen molar-refractivity contribution in [1.29, 1.82) is 0 Å². The van der Waals surface area contributed by atoms with E-state index in [0.29, 0.717) is 42.9 Å². The second kappa shape index (κ2) is 9.49. The van der Waals surface area contributed by atoms with Crippen LogP contribution in [0.1, 0.15) is 84.1 Å². The smallest absolute Gasteiger partial charge is 0.226 e. The molecule has 0 bridgehead atoms. The largest absolute Gasteiger partial charge is 0.387 e. The SMILES string of the molecule is CCOC[C@@]1(O)CC[C@@]2(C)[C@H](CC[C@@H]3[C@@H]2CC[C@]2(C)[C@@H](C(=O)N(C)Cc4ccccc4)CC[C@@H]32)C1. The van der Waals surface area contributed by atoms with Gasteiger partial charge >= 0.3 is 0 Å². The van der Waals surface area contributed by atoms with E-state index in [2.05, 4.69) is 38.1 Å². The van der Waals surface area contributed by atoms with Gasteiger partial charge in [-0.05, 0) is 105 Å². The molecule has 4 heteroatoms. The van der Waals surface area contributed by atoms with Gasteiger partial charge in [0.25, 0.3) is 0 Å². The first-order valence-electron chi connectivity index (χ1n) is 14.3. The molecule has 0 spiro atoms. The van der Waals surface area contributed by atoms with Crippen LogP contribution in [0.2, 0.25) is 0 Å². The van der Waals surface area contributed by atoms with E-state index in [-0.39, 0.29) is 11.3 Å². The minimum Gasteiger partial charge on any atom is -0.387 e. The number of fused-ring (bicyclic) bond motifs is 5. The number of ether oxygens (including phenoxy) is 1. The summed E-state index contributed by atoms with van der Waals surface area (Å²) in [6.45, 7) is 8.88. The zero-order valence-corrected chi connectivity index (χ0v) is 22.5. The first kappa shape index (κ1) is 25.3. The highest BCUT2D eigenvalue weighted by atomic mass is 16.5. The molecular weight excluding hydrogens is 434 g/mol. The number of rotatable bonds is 6. The van der Waals surface area contributed by atoms with Crippen LogP contribution >= 0.6 is 0 Å². The zero-order valence-electron chi connectivity index (χ0n) is 22.5. The van der Waals surface area contributed by atoms with Crippen molar-refractivity contribution in [1.82, 2.24) is 4.90 Å². The van der Waals surface area contributed by atoms with Crippen molar-refractivity contribution in [3.05, 3.63) is 35.9 Å². The van der Waals surface area contributed by atoms with Crippen molar-refractivity contribution < 1.29 is 14.6 Å². The van der Waals surface area contributed by atoms with Gasteiger partial charge in [-0.15, -0.1) is 0 Å². The Labute approximate surface area is 212 Å². The van der Waals surface area contributed by atoms with Crippen LogP contribution in [-0.2, 0) is 16.1 Å². The van der Waals surface area contributed by atoms with E-state index < -0.39 is 5.60 Å². The Bertz CT molecular complexity index is 904. The van der Waals surface area contributed by atoms with Crippen LogP contribution in [0.4, 0.5) is 0 Å². The van der Waals surface area contributed by atoms with Gasteiger partial charge in [0.05, 0.1) is 12.2 Å². The maximum atomic E-state index is 13.7. The lowest BCUT2D eigenvalue weighted by Crippen LogP contribution is -2.57. The summed E-state index contributed by atoms with van der Waals surface area (Å²) in [6.07, 6.45) is 10.1. The number of benzene rings is 1. The van der Waals surface area contributed by atoms with Gasteiger partial charge in [-0.1, -0.05) is 44.2 Å². The van der Waals surface area contributed by atoms with Gasteiger partial charge in [0.1, 0.15) is 0 Å². The Hall–Kier alpha value is -1.39. The second-order valence-electron chi connectivity index (χ2n) is 13.1. The van der Waals surface area contributed by atoms with Gasteiger partial charge in [0.2, 0.25) is 5.91 Å². The molecule has 0 aliphatic heterocycles. The Kier molecular flexibility index (Phi) is 6.85. The average Bonchev–Trinajstić information content (AvgIpc) is 3.20.